The molecule has 0 fully saturated rings. The quantitative estimate of drug-likeness (QED) is 0.313. The Hall–Kier alpha value is -2.24. The molecule has 19 heavy (non-hydrogen) atoms. The maximum absolute atomic E-state index is 12.1. The van der Waals surface area contributed by atoms with Gasteiger partial charge in [0, 0.05) is 0 Å². The summed E-state index contributed by atoms with van der Waals surface area (Å²) in [6.07, 6.45) is 0.526. The SMILES string of the molecule is CCOc1ccccc1C(=O)NC(CC)/C(N)=N/O. The van der Waals surface area contributed by atoms with Gasteiger partial charge in [0.05, 0.1) is 18.2 Å². The molecule has 1 rings (SSSR count). The number of ether oxygens (including phenoxy) is 1. The van der Waals surface area contributed by atoms with E-state index in [1.807, 2.05) is 13.8 Å². The van der Waals surface area contributed by atoms with Crippen LogP contribution in [0.4, 0.5) is 0 Å². The van der Waals surface area contributed by atoms with E-state index in [4.69, 9.17) is 15.7 Å². The third-order valence-corrected chi connectivity index (χ3v) is 2.62. The number of nitrogens with two attached hydrogens (primary N) is 1. The first-order valence-corrected chi connectivity index (χ1v) is 6.14. The predicted molar refractivity (Wildman–Crippen MR) is 72.6 cm³/mol. The molecular formula is C13H19N3O3. The minimum atomic E-state index is -0.507. The first-order chi connectivity index (χ1) is 9.13. The summed E-state index contributed by atoms with van der Waals surface area (Å²) < 4.78 is 5.39. The summed E-state index contributed by atoms with van der Waals surface area (Å²) in [6.45, 7) is 4.15. The molecule has 104 valence electrons. The Bertz CT molecular complexity index is 460. The Labute approximate surface area is 112 Å². The number of para-hydroxylation sites is 1. The standard InChI is InChI=1S/C13H19N3O3/c1-3-10(12(14)16-18)15-13(17)9-7-5-6-8-11(9)19-4-2/h5-8,10,18H,3-4H2,1-2H3,(H2,14,16)(H,15,17). The van der Waals surface area contributed by atoms with Crippen molar-refractivity contribution < 1.29 is 14.7 Å². The van der Waals surface area contributed by atoms with Crippen molar-refractivity contribution >= 4 is 11.7 Å². The van der Waals surface area contributed by atoms with Crippen LogP contribution in [-0.2, 0) is 0 Å². The lowest BCUT2D eigenvalue weighted by Gasteiger charge is -2.16. The fourth-order valence-corrected chi connectivity index (χ4v) is 1.63. The van der Waals surface area contributed by atoms with Crippen molar-refractivity contribution in [3.05, 3.63) is 29.8 Å². The average molecular weight is 265 g/mol. The smallest absolute Gasteiger partial charge is 0.255 e. The maximum atomic E-state index is 12.1. The topological polar surface area (TPSA) is 96.9 Å². The highest BCUT2D eigenvalue weighted by atomic mass is 16.5. The second-order valence-corrected chi connectivity index (χ2v) is 3.89. The highest BCUT2D eigenvalue weighted by molar-refractivity contribution is 6.00. The van der Waals surface area contributed by atoms with E-state index in [-0.39, 0.29) is 11.7 Å². The summed E-state index contributed by atoms with van der Waals surface area (Å²) >= 11 is 0. The van der Waals surface area contributed by atoms with Gasteiger partial charge >= 0.3 is 0 Å². The lowest BCUT2D eigenvalue weighted by atomic mass is 10.1. The van der Waals surface area contributed by atoms with Crippen molar-refractivity contribution in [3.63, 3.8) is 0 Å². The molecule has 0 aliphatic heterocycles. The number of amidine groups is 1. The summed E-state index contributed by atoms with van der Waals surface area (Å²) in [5, 5.41) is 14.3. The molecule has 0 aromatic heterocycles. The van der Waals surface area contributed by atoms with E-state index in [1.54, 1.807) is 24.3 Å². The third kappa shape index (κ3) is 3.87. The van der Waals surface area contributed by atoms with Crippen molar-refractivity contribution in [1.29, 1.82) is 0 Å². The van der Waals surface area contributed by atoms with Gasteiger partial charge in [0.15, 0.2) is 5.84 Å². The summed E-state index contributed by atoms with van der Waals surface area (Å²) in [7, 11) is 0. The molecule has 6 nitrogen and oxygen atoms in total. The van der Waals surface area contributed by atoms with Crippen molar-refractivity contribution in [2.45, 2.75) is 26.3 Å². The summed E-state index contributed by atoms with van der Waals surface area (Å²) in [5.74, 6) is 0.170. The predicted octanol–water partition coefficient (Wildman–Crippen LogP) is 1.34. The van der Waals surface area contributed by atoms with Crippen LogP contribution in [0.15, 0.2) is 29.4 Å². The first-order valence-electron chi connectivity index (χ1n) is 6.14. The third-order valence-electron chi connectivity index (χ3n) is 2.62. The van der Waals surface area contributed by atoms with E-state index < -0.39 is 6.04 Å². The van der Waals surface area contributed by atoms with Gasteiger partial charge in [0.1, 0.15) is 5.75 Å². The largest absolute Gasteiger partial charge is 0.493 e. The molecule has 1 unspecified atom stereocenters. The van der Waals surface area contributed by atoms with Crippen LogP contribution >= 0.6 is 0 Å². The number of hydrogen-bond acceptors (Lipinski definition) is 4. The maximum Gasteiger partial charge on any atom is 0.255 e. The zero-order valence-corrected chi connectivity index (χ0v) is 11.1. The van der Waals surface area contributed by atoms with Gasteiger partial charge in [-0.05, 0) is 25.5 Å². The van der Waals surface area contributed by atoms with Crippen LogP contribution in [0.2, 0.25) is 0 Å². The second kappa shape index (κ2) is 7.25. The molecule has 0 bridgehead atoms. The van der Waals surface area contributed by atoms with Gasteiger partial charge in [0.2, 0.25) is 0 Å². The number of amides is 1. The number of carbonyl (C=O) groups is 1. The van der Waals surface area contributed by atoms with Gasteiger partial charge in [-0.3, -0.25) is 4.79 Å². The number of oxime groups is 1. The van der Waals surface area contributed by atoms with Gasteiger partial charge in [0.25, 0.3) is 5.91 Å². The molecule has 0 aliphatic rings. The molecule has 1 aromatic rings. The molecule has 0 aliphatic carbocycles. The van der Waals surface area contributed by atoms with Crippen LogP contribution in [0.5, 0.6) is 5.75 Å². The van der Waals surface area contributed by atoms with E-state index in [0.717, 1.165) is 0 Å². The minimum absolute atomic E-state index is 0.0234. The molecular weight excluding hydrogens is 246 g/mol. The molecule has 4 N–H and O–H groups in total. The summed E-state index contributed by atoms with van der Waals surface area (Å²) in [5.41, 5.74) is 5.93. The monoisotopic (exact) mass is 265 g/mol. The second-order valence-electron chi connectivity index (χ2n) is 3.89. The Morgan fingerprint density at radius 2 is 2.16 bits per heavy atom. The average Bonchev–Trinajstić information content (AvgIpc) is 2.44. The Kier molecular flexibility index (Phi) is 5.66. The van der Waals surface area contributed by atoms with E-state index in [2.05, 4.69) is 10.5 Å². The van der Waals surface area contributed by atoms with E-state index >= 15 is 0 Å². The number of rotatable bonds is 6. The Balaban J connectivity index is 2.88. The number of benzene rings is 1. The molecule has 1 amide bonds. The molecule has 0 spiro atoms. The zero-order valence-electron chi connectivity index (χ0n) is 11.1. The fourth-order valence-electron chi connectivity index (χ4n) is 1.63. The molecule has 1 atom stereocenters. The summed E-state index contributed by atoms with van der Waals surface area (Å²) in [6, 6.07) is 6.43. The molecule has 0 saturated carbocycles. The van der Waals surface area contributed by atoms with Gasteiger partial charge in [-0.15, -0.1) is 0 Å². The van der Waals surface area contributed by atoms with Gasteiger partial charge in [-0.1, -0.05) is 24.2 Å². The molecule has 0 saturated heterocycles. The highest BCUT2D eigenvalue weighted by Gasteiger charge is 2.18. The number of hydrogen-bond donors (Lipinski definition) is 3. The van der Waals surface area contributed by atoms with Crippen molar-refractivity contribution in [2.75, 3.05) is 6.61 Å². The fraction of sp³-hybridized carbons (Fsp3) is 0.385. The molecule has 1 aromatic carbocycles. The minimum Gasteiger partial charge on any atom is -0.493 e. The van der Waals surface area contributed by atoms with Crippen molar-refractivity contribution in [1.82, 2.24) is 5.32 Å². The number of nitrogens with one attached hydrogen (secondary N) is 1. The number of carbonyl (C=O) groups excluding carboxylic acids is 1. The van der Waals surface area contributed by atoms with Gasteiger partial charge in [-0.25, -0.2) is 0 Å². The lowest BCUT2D eigenvalue weighted by molar-refractivity contribution is 0.0942. The van der Waals surface area contributed by atoms with Crippen molar-refractivity contribution in [3.8, 4) is 5.75 Å². The van der Waals surface area contributed by atoms with Crippen molar-refractivity contribution in [2.24, 2.45) is 10.9 Å². The van der Waals surface area contributed by atoms with E-state index in [9.17, 15) is 4.79 Å². The van der Waals surface area contributed by atoms with Crippen LogP contribution in [0.3, 0.4) is 0 Å². The lowest BCUT2D eigenvalue weighted by Crippen LogP contribution is -2.44. The Morgan fingerprint density at radius 1 is 1.47 bits per heavy atom. The molecule has 0 heterocycles. The van der Waals surface area contributed by atoms with Crippen LogP contribution in [-0.4, -0.2) is 29.6 Å². The van der Waals surface area contributed by atoms with Gasteiger partial charge < -0.3 is 21.0 Å². The molecule has 6 heteroatoms. The normalized spacial score (nSPS) is 12.8. The van der Waals surface area contributed by atoms with E-state index in [0.29, 0.717) is 24.3 Å². The van der Waals surface area contributed by atoms with E-state index in [1.165, 1.54) is 0 Å². The van der Waals surface area contributed by atoms with Gasteiger partial charge in [-0.2, -0.15) is 0 Å². The Morgan fingerprint density at radius 3 is 2.74 bits per heavy atom. The molecule has 0 radical (unpaired) electrons. The highest BCUT2D eigenvalue weighted by Crippen LogP contribution is 2.17. The zero-order chi connectivity index (χ0) is 14.3. The summed E-state index contributed by atoms with van der Waals surface area (Å²) in [4.78, 5) is 12.1. The first kappa shape index (κ1) is 14.8. The van der Waals surface area contributed by atoms with Crippen LogP contribution in [0, 0.1) is 0 Å². The van der Waals surface area contributed by atoms with Crippen LogP contribution in [0.1, 0.15) is 30.6 Å². The number of nitrogens with zero attached hydrogens (tertiary/aromatic N) is 1. The van der Waals surface area contributed by atoms with Crippen LogP contribution in [0.25, 0.3) is 0 Å². The van der Waals surface area contributed by atoms with Crippen LogP contribution < -0.4 is 15.8 Å².